The van der Waals surface area contributed by atoms with Crippen molar-refractivity contribution in [1.29, 1.82) is 0 Å². The zero-order valence-corrected chi connectivity index (χ0v) is 13.8. The van der Waals surface area contributed by atoms with Gasteiger partial charge in [-0.05, 0) is 44.9 Å². The summed E-state index contributed by atoms with van der Waals surface area (Å²) in [7, 11) is -3.50. The molecular weight excluding hydrogens is 314 g/mol. The van der Waals surface area contributed by atoms with Crippen LogP contribution in [0.15, 0.2) is 23.1 Å². The monoisotopic (exact) mass is 333 g/mol. The second-order valence-electron chi connectivity index (χ2n) is 5.21. The van der Waals surface area contributed by atoms with Gasteiger partial charge in [-0.3, -0.25) is 0 Å². The molecule has 0 spiro atoms. The molecule has 1 aromatic rings. The average Bonchev–Trinajstić information content (AvgIpc) is 2.19. The van der Waals surface area contributed by atoms with E-state index in [9.17, 15) is 8.42 Å². The van der Waals surface area contributed by atoms with Crippen molar-refractivity contribution in [1.82, 2.24) is 4.72 Å². The van der Waals surface area contributed by atoms with E-state index in [1.807, 2.05) is 39.8 Å². The summed E-state index contributed by atoms with van der Waals surface area (Å²) >= 11 is 3.43. The van der Waals surface area contributed by atoms with Gasteiger partial charge in [0.05, 0.1) is 4.90 Å². The van der Waals surface area contributed by atoms with Gasteiger partial charge in [0.15, 0.2) is 0 Å². The van der Waals surface area contributed by atoms with E-state index in [1.165, 1.54) is 0 Å². The lowest BCUT2D eigenvalue weighted by atomic mass is 10.0. The molecule has 0 aromatic heterocycles. The molecule has 18 heavy (non-hydrogen) atoms. The molecule has 0 heterocycles. The maximum Gasteiger partial charge on any atom is 0.241 e. The molecule has 0 radical (unpaired) electrons. The largest absolute Gasteiger partial charge is 0.241 e. The van der Waals surface area contributed by atoms with Gasteiger partial charge in [0.25, 0.3) is 0 Å². The summed E-state index contributed by atoms with van der Waals surface area (Å²) < 4.78 is 27.5. The standard InChI is InChI=1S/C13H20BrNO2S/c1-9-6-7-10(2)12(8-9)18(16,17)15-13(4,5)11(3)14/h6-8,11,15H,1-5H3. The number of hydrogen-bond acceptors (Lipinski definition) is 2. The second kappa shape index (κ2) is 5.31. The molecule has 0 aliphatic carbocycles. The Balaban J connectivity index is 3.19. The van der Waals surface area contributed by atoms with Crippen LogP contribution in [0.2, 0.25) is 0 Å². The maximum absolute atomic E-state index is 12.4. The van der Waals surface area contributed by atoms with Crippen LogP contribution in [0.5, 0.6) is 0 Å². The van der Waals surface area contributed by atoms with E-state index in [0.29, 0.717) is 4.90 Å². The van der Waals surface area contributed by atoms with Gasteiger partial charge < -0.3 is 0 Å². The van der Waals surface area contributed by atoms with Gasteiger partial charge in [0.1, 0.15) is 0 Å². The predicted octanol–water partition coefficient (Wildman–Crippen LogP) is 3.14. The first-order chi connectivity index (χ1) is 8.06. The Hall–Kier alpha value is -0.390. The van der Waals surface area contributed by atoms with Crippen LogP contribution in [-0.2, 0) is 10.0 Å². The van der Waals surface area contributed by atoms with Gasteiger partial charge in [-0.15, -0.1) is 0 Å². The van der Waals surface area contributed by atoms with E-state index in [1.54, 1.807) is 13.0 Å². The highest BCUT2D eigenvalue weighted by Gasteiger charge is 2.30. The quantitative estimate of drug-likeness (QED) is 0.860. The molecule has 3 nitrogen and oxygen atoms in total. The Morgan fingerprint density at radius 1 is 1.28 bits per heavy atom. The molecule has 0 amide bonds. The fourth-order valence-corrected chi connectivity index (χ4v) is 3.56. The molecule has 1 N–H and O–H groups in total. The van der Waals surface area contributed by atoms with Crippen LogP contribution in [0.3, 0.4) is 0 Å². The molecule has 0 aliphatic rings. The van der Waals surface area contributed by atoms with E-state index in [2.05, 4.69) is 20.7 Å². The number of benzene rings is 1. The Kier molecular flexibility index (Phi) is 4.62. The van der Waals surface area contributed by atoms with E-state index in [4.69, 9.17) is 0 Å². The molecule has 5 heteroatoms. The minimum Gasteiger partial charge on any atom is -0.207 e. The molecule has 0 aliphatic heterocycles. The molecule has 1 unspecified atom stereocenters. The highest BCUT2D eigenvalue weighted by molar-refractivity contribution is 9.09. The minimum atomic E-state index is -3.50. The van der Waals surface area contributed by atoms with Crippen LogP contribution in [-0.4, -0.2) is 18.8 Å². The van der Waals surface area contributed by atoms with Crippen LogP contribution in [0.4, 0.5) is 0 Å². The Morgan fingerprint density at radius 2 is 1.83 bits per heavy atom. The first kappa shape index (κ1) is 15.7. The van der Waals surface area contributed by atoms with Crippen LogP contribution in [0.25, 0.3) is 0 Å². The zero-order chi connectivity index (χ0) is 14.1. The van der Waals surface area contributed by atoms with Crippen molar-refractivity contribution in [3.8, 4) is 0 Å². The number of alkyl halides is 1. The van der Waals surface area contributed by atoms with E-state index in [0.717, 1.165) is 11.1 Å². The SMILES string of the molecule is Cc1ccc(C)c(S(=O)(=O)NC(C)(C)C(C)Br)c1. The summed E-state index contributed by atoms with van der Waals surface area (Å²) in [4.78, 5) is 0.383. The Labute approximate surface area is 118 Å². The lowest BCUT2D eigenvalue weighted by Gasteiger charge is -2.29. The van der Waals surface area contributed by atoms with E-state index >= 15 is 0 Å². The molecule has 0 bridgehead atoms. The number of halogens is 1. The van der Waals surface area contributed by atoms with Gasteiger partial charge in [0.2, 0.25) is 10.0 Å². The molecular formula is C13H20BrNO2S. The van der Waals surface area contributed by atoms with Gasteiger partial charge in [-0.25, -0.2) is 13.1 Å². The van der Waals surface area contributed by atoms with Crippen LogP contribution < -0.4 is 4.72 Å². The van der Waals surface area contributed by atoms with Crippen molar-refractivity contribution in [3.05, 3.63) is 29.3 Å². The molecule has 0 saturated carbocycles. The Bertz CT molecular complexity index is 536. The highest BCUT2D eigenvalue weighted by atomic mass is 79.9. The van der Waals surface area contributed by atoms with Gasteiger partial charge >= 0.3 is 0 Å². The van der Waals surface area contributed by atoms with Crippen molar-refractivity contribution in [3.63, 3.8) is 0 Å². The van der Waals surface area contributed by atoms with Crippen LogP contribution >= 0.6 is 15.9 Å². The molecule has 1 atom stereocenters. The number of nitrogens with one attached hydrogen (secondary N) is 1. The van der Waals surface area contributed by atoms with Crippen molar-refractivity contribution in [2.24, 2.45) is 0 Å². The molecule has 1 rings (SSSR count). The molecule has 0 saturated heterocycles. The predicted molar refractivity (Wildman–Crippen MR) is 78.7 cm³/mol. The number of sulfonamides is 1. The first-order valence-electron chi connectivity index (χ1n) is 5.81. The number of hydrogen-bond donors (Lipinski definition) is 1. The third-order valence-electron chi connectivity index (χ3n) is 3.03. The normalized spacial score (nSPS) is 14.6. The lowest BCUT2D eigenvalue weighted by molar-refractivity contribution is 0.453. The summed E-state index contributed by atoms with van der Waals surface area (Å²) in [5.74, 6) is 0. The van der Waals surface area contributed by atoms with Gasteiger partial charge in [-0.2, -0.15) is 0 Å². The summed E-state index contributed by atoms with van der Waals surface area (Å²) in [6, 6.07) is 5.44. The van der Waals surface area contributed by atoms with Crippen molar-refractivity contribution in [2.75, 3.05) is 0 Å². The second-order valence-corrected chi connectivity index (χ2v) is 8.24. The van der Waals surface area contributed by atoms with Crippen molar-refractivity contribution < 1.29 is 8.42 Å². The average molecular weight is 334 g/mol. The third kappa shape index (κ3) is 3.56. The summed E-state index contributed by atoms with van der Waals surface area (Å²) in [5.41, 5.74) is 1.14. The third-order valence-corrected chi connectivity index (χ3v) is 5.98. The highest BCUT2D eigenvalue weighted by Crippen LogP contribution is 2.22. The lowest BCUT2D eigenvalue weighted by Crippen LogP contribution is -2.48. The van der Waals surface area contributed by atoms with Gasteiger partial charge in [0, 0.05) is 10.4 Å². The van der Waals surface area contributed by atoms with E-state index in [-0.39, 0.29) is 4.83 Å². The van der Waals surface area contributed by atoms with Gasteiger partial charge in [-0.1, -0.05) is 35.0 Å². The molecule has 102 valence electrons. The van der Waals surface area contributed by atoms with Crippen molar-refractivity contribution in [2.45, 2.75) is 49.9 Å². The van der Waals surface area contributed by atoms with Crippen molar-refractivity contribution >= 4 is 26.0 Å². The molecule has 0 fully saturated rings. The zero-order valence-electron chi connectivity index (χ0n) is 11.4. The maximum atomic E-state index is 12.4. The van der Waals surface area contributed by atoms with Crippen LogP contribution in [0.1, 0.15) is 31.9 Å². The Morgan fingerprint density at radius 3 is 2.33 bits per heavy atom. The topological polar surface area (TPSA) is 46.2 Å². The molecule has 1 aromatic carbocycles. The smallest absolute Gasteiger partial charge is 0.207 e. The number of rotatable bonds is 4. The van der Waals surface area contributed by atoms with E-state index < -0.39 is 15.6 Å². The van der Waals surface area contributed by atoms with Crippen LogP contribution in [0, 0.1) is 13.8 Å². The number of aryl methyl sites for hydroxylation is 2. The minimum absolute atomic E-state index is 0.0323. The summed E-state index contributed by atoms with van der Waals surface area (Å²) in [6.45, 7) is 9.32. The fourth-order valence-electron chi connectivity index (χ4n) is 1.48. The fraction of sp³-hybridized carbons (Fsp3) is 0.538. The first-order valence-corrected chi connectivity index (χ1v) is 8.21. The summed E-state index contributed by atoms with van der Waals surface area (Å²) in [5, 5.41) is 0. The summed E-state index contributed by atoms with van der Waals surface area (Å²) in [6.07, 6.45) is 0.